The van der Waals surface area contributed by atoms with Crippen LogP contribution < -0.4 is 0 Å². The second kappa shape index (κ2) is 5.22. The van der Waals surface area contributed by atoms with Crippen LogP contribution in [0.15, 0.2) is 18.3 Å². The van der Waals surface area contributed by atoms with Crippen LogP contribution in [0.4, 0.5) is 0 Å². The summed E-state index contributed by atoms with van der Waals surface area (Å²) in [5, 5.41) is 8.96. The Balaban J connectivity index is 2.06. The first kappa shape index (κ1) is 12.6. The summed E-state index contributed by atoms with van der Waals surface area (Å²) in [7, 11) is 0. The molecule has 6 nitrogen and oxygen atoms in total. The van der Waals surface area contributed by atoms with E-state index in [0.717, 1.165) is 0 Å². The fraction of sp³-hybridized carbons (Fsp3) is 0.500. The van der Waals surface area contributed by atoms with Crippen molar-refractivity contribution < 1.29 is 19.4 Å². The van der Waals surface area contributed by atoms with Crippen molar-refractivity contribution in [1.82, 2.24) is 9.47 Å². The first-order valence-electron chi connectivity index (χ1n) is 5.85. The van der Waals surface area contributed by atoms with Gasteiger partial charge in [-0.2, -0.15) is 0 Å². The summed E-state index contributed by atoms with van der Waals surface area (Å²) in [4.78, 5) is 24.8. The zero-order chi connectivity index (χ0) is 13.1. The Morgan fingerprint density at radius 2 is 2.33 bits per heavy atom. The van der Waals surface area contributed by atoms with E-state index in [1.54, 1.807) is 17.2 Å². The molecule has 98 valence electrons. The molecule has 1 unspecified atom stereocenters. The predicted molar refractivity (Wildman–Crippen MR) is 63.4 cm³/mol. The molecule has 1 saturated heterocycles. The van der Waals surface area contributed by atoms with Crippen molar-refractivity contribution in [3.05, 3.63) is 24.0 Å². The number of carboxylic acid groups (broad SMARTS) is 1. The Bertz CT molecular complexity index is 455. The minimum absolute atomic E-state index is 0.0371. The van der Waals surface area contributed by atoms with Crippen molar-refractivity contribution in [3.63, 3.8) is 0 Å². The van der Waals surface area contributed by atoms with Crippen molar-refractivity contribution in [3.8, 4) is 0 Å². The Kier molecular flexibility index (Phi) is 3.66. The maximum absolute atomic E-state index is 12.1. The number of carbonyl (C=O) groups excluding carboxylic acids is 1. The van der Waals surface area contributed by atoms with Gasteiger partial charge in [0.2, 0.25) is 5.91 Å². The molecule has 2 heterocycles. The number of amides is 1. The molecule has 0 radical (unpaired) electrons. The fourth-order valence-electron chi connectivity index (χ4n) is 2.08. The molecule has 1 amide bonds. The highest BCUT2D eigenvalue weighted by Crippen LogP contribution is 2.09. The van der Waals surface area contributed by atoms with Gasteiger partial charge in [0.1, 0.15) is 12.2 Å². The molecule has 0 aromatic carbocycles. The summed E-state index contributed by atoms with van der Waals surface area (Å²) < 4.78 is 6.72. The maximum atomic E-state index is 12.1. The Hall–Kier alpha value is -1.82. The number of rotatable bonds is 3. The van der Waals surface area contributed by atoms with Gasteiger partial charge in [-0.15, -0.1) is 0 Å². The van der Waals surface area contributed by atoms with Gasteiger partial charge in [0.05, 0.1) is 19.3 Å². The topological polar surface area (TPSA) is 71.8 Å². The van der Waals surface area contributed by atoms with Crippen LogP contribution in [-0.2, 0) is 16.1 Å². The van der Waals surface area contributed by atoms with E-state index in [9.17, 15) is 9.59 Å². The summed E-state index contributed by atoms with van der Waals surface area (Å²) in [6.45, 7) is 3.60. The Morgan fingerprint density at radius 3 is 3.00 bits per heavy atom. The van der Waals surface area contributed by atoms with Crippen LogP contribution >= 0.6 is 0 Å². The van der Waals surface area contributed by atoms with Crippen molar-refractivity contribution in [2.75, 3.05) is 19.8 Å². The number of carbonyl (C=O) groups is 2. The van der Waals surface area contributed by atoms with Crippen LogP contribution in [0.25, 0.3) is 0 Å². The van der Waals surface area contributed by atoms with Crippen LogP contribution in [0.1, 0.15) is 17.4 Å². The van der Waals surface area contributed by atoms with Crippen LogP contribution in [0.3, 0.4) is 0 Å². The van der Waals surface area contributed by atoms with E-state index in [1.807, 2.05) is 6.92 Å². The highest BCUT2D eigenvalue weighted by molar-refractivity contribution is 5.87. The van der Waals surface area contributed by atoms with Crippen molar-refractivity contribution >= 4 is 11.9 Å². The van der Waals surface area contributed by atoms with Crippen LogP contribution in [0.5, 0.6) is 0 Å². The lowest BCUT2D eigenvalue weighted by Gasteiger charge is -2.33. The lowest BCUT2D eigenvalue weighted by molar-refractivity contribution is -0.139. The minimum atomic E-state index is -1.03. The fourth-order valence-corrected chi connectivity index (χ4v) is 2.08. The Morgan fingerprint density at radius 1 is 1.56 bits per heavy atom. The summed E-state index contributed by atoms with van der Waals surface area (Å²) in [5.41, 5.74) is 0.129. The number of aromatic carboxylic acids is 1. The molecular formula is C12H16N2O4. The zero-order valence-electron chi connectivity index (χ0n) is 10.2. The molecule has 1 aromatic rings. The zero-order valence-corrected chi connectivity index (χ0v) is 10.2. The molecule has 6 heteroatoms. The van der Waals surface area contributed by atoms with Gasteiger partial charge in [-0.05, 0) is 19.1 Å². The van der Waals surface area contributed by atoms with Gasteiger partial charge in [0.15, 0.2) is 0 Å². The lowest BCUT2D eigenvalue weighted by atomic mass is 10.2. The molecule has 0 bridgehead atoms. The average molecular weight is 252 g/mol. The number of hydrogen-bond acceptors (Lipinski definition) is 3. The van der Waals surface area contributed by atoms with Gasteiger partial charge in [-0.25, -0.2) is 4.79 Å². The maximum Gasteiger partial charge on any atom is 0.352 e. The summed E-state index contributed by atoms with van der Waals surface area (Å²) in [5.74, 6) is -1.10. The third-order valence-electron chi connectivity index (χ3n) is 3.04. The SMILES string of the molecule is CC1COCCN1C(=O)Cn1cccc1C(=O)O. The monoisotopic (exact) mass is 252 g/mol. The Labute approximate surface area is 105 Å². The summed E-state index contributed by atoms with van der Waals surface area (Å²) in [6.07, 6.45) is 1.60. The molecule has 1 aromatic heterocycles. The van der Waals surface area contributed by atoms with Crippen LogP contribution in [0.2, 0.25) is 0 Å². The first-order valence-corrected chi connectivity index (χ1v) is 5.85. The van der Waals surface area contributed by atoms with Gasteiger partial charge in [-0.1, -0.05) is 0 Å². The van der Waals surface area contributed by atoms with E-state index in [4.69, 9.17) is 9.84 Å². The molecule has 2 rings (SSSR count). The molecule has 1 aliphatic heterocycles. The second-order valence-corrected chi connectivity index (χ2v) is 4.34. The van der Waals surface area contributed by atoms with Crippen molar-refractivity contribution in [2.24, 2.45) is 0 Å². The average Bonchev–Trinajstić information content (AvgIpc) is 2.77. The molecule has 0 aliphatic carbocycles. The van der Waals surface area contributed by atoms with Crippen molar-refractivity contribution in [1.29, 1.82) is 0 Å². The summed E-state index contributed by atoms with van der Waals surface area (Å²) >= 11 is 0. The molecule has 18 heavy (non-hydrogen) atoms. The molecule has 1 fully saturated rings. The smallest absolute Gasteiger partial charge is 0.352 e. The number of carboxylic acids is 1. The predicted octanol–water partition coefficient (Wildman–Crippen LogP) is 0.434. The number of nitrogens with zero attached hydrogens (tertiary/aromatic N) is 2. The van der Waals surface area contributed by atoms with E-state index < -0.39 is 5.97 Å². The van der Waals surface area contributed by atoms with Gasteiger partial charge in [0, 0.05) is 12.7 Å². The van der Waals surface area contributed by atoms with E-state index in [1.165, 1.54) is 10.6 Å². The molecule has 1 aliphatic rings. The van der Waals surface area contributed by atoms with Crippen LogP contribution in [0, 0.1) is 0 Å². The highest BCUT2D eigenvalue weighted by Gasteiger charge is 2.24. The molecule has 0 saturated carbocycles. The van der Waals surface area contributed by atoms with Gasteiger partial charge >= 0.3 is 5.97 Å². The standard InChI is InChI=1S/C12H16N2O4/c1-9-8-18-6-5-14(9)11(15)7-13-4-2-3-10(13)12(16)17/h2-4,9H,5-8H2,1H3,(H,16,17). The molecule has 1 N–H and O–H groups in total. The quantitative estimate of drug-likeness (QED) is 0.847. The van der Waals surface area contributed by atoms with Gasteiger partial charge in [0.25, 0.3) is 0 Å². The summed E-state index contributed by atoms with van der Waals surface area (Å²) in [6, 6.07) is 3.15. The number of hydrogen-bond donors (Lipinski definition) is 1. The van der Waals surface area contributed by atoms with E-state index >= 15 is 0 Å². The highest BCUT2D eigenvalue weighted by atomic mass is 16.5. The second-order valence-electron chi connectivity index (χ2n) is 4.34. The molecule has 0 spiro atoms. The van der Waals surface area contributed by atoms with Gasteiger partial charge in [-0.3, -0.25) is 4.79 Å². The van der Waals surface area contributed by atoms with Gasteiger partial charge < -0.3 is 19.3 Å². The largest absolute Gasteiger partial charge is 0.477 e. The minimum Gasteiger partial charge on any atom is -0.477 e. The van der Waals surface area contributed by atoms with Crippen molar-refractivity contribution in [2.45, 2.75) is 19.5 Å². The number of ether oxygens (including phenoxy) is 1. The van der Waals surface area contributed by atoms with E-state index in [-0.39, 0.29) is 24.2 Å². The third kappa shape index (κ3) is 2.53. The lowest BCUT2D eigenvalue weighted by Crippen LogP contribution is -2.48. The molecule has 1 atom stereocenters. The van der Waals surface area contributed by atoms with E-state index in [0.29, 0.717) is 19.8 Å². The van der Waals surface area contributed by atoms with Crippen LogP contribution in [-0.4, -0.2) is 52.3 Å². The van der Waals surface area contributed by atoms with E-state index in [2.05, 4.69) is 0 Å². The number of morpholine rings is 1. The normalized spacial score (nSPS) is 19.8. The third-order valence-corrected chi connectivity index (χ3v) is 3.04. The molecular weight excluding hydrogens is 236 g/mol. The first-order chi connectivity index (χ1) is 8.59. The number of aromatic nitrogens is 1.